The molecule has 39 heavy (non-hydrogen) atoms. The van der Waals surface area contributed by atoms with E-state index in [1.807, 2.05) is 19.9 Å². The number of pyridine rings is 2. The van der Waals surface area contributed by atoms with Crippen LogP contribution in [0.2, 0.25) is 0 Å². The van der Waals surface area contributed by atoms with Crippen LogP contribution in [-0.4, -0.2) is 57.8 Å². The maximum absolute atomic E-state index is 14.0. The number of nitrogens with zero attached hydrogens (tertiary/aromatic N) is 4. The summed E-state index contributed by atoms with van der Waals surface area (Å²) in [4.78, 5) is 45.2. The van der Waals surface area contributed by atoms with Crippen LogP contribution in [0.15, 0.2) is 53.6 Å². The topological polar surface area (TPSA) is 105 Å². The number of amides is 1. The Morgan fingerprint density at radius 3 is 2.67 bits per heavy atom. The molecule has 206 valence electrons. The zero-order valence-corrected chi connectivity index (χ0v) is 21.8. The molecule has 3 heterocycles. The summed E-state index contributed by atoms with van der Waals surface area (Å²) in [6, 6.07) is 8.41. The van der Waals surface area contributed by atoms with Gasteiger partial charge in [-0.25, -0.2) is 8.78 Å². The number of aryl methyl sites for hydroxylation is 1. The lowest BCUT2D eigenvalue weighted by Gasteiger charge is -2.39. The fourth-order valence-corrected chi connectivity index (χ4v) is 4.27. The second-order valence-corrected chi connectivity index (χ2v) is 9.74. The Morgan fingerprint density at radius 1 is 1.18 bits per heavy atom. The maximum Gasteiger partial charge on any atom is 0.277 e. The number of halogens is 2. The summed E-state index contributed by atoms with van der Waals surface area (Å²) in [5.41, 5.74) is -0.825. The van der Waals surface area contributed by atoms with Crippen molar-refractivity contribution in [3.63, 3.8) is 0 Å². The van der Waals surface area contributed by atoms with E-state index >= 15 is 0 Å². The second-order valence-electron chi connectivity index (χ2n) is 9.74. The molecule has 0 unspecified atom stereocenters. The molecule has 4 rings (SSSR count). The monoisotopic (exact) mass is 540 g/mol. The first-order valence-electron chi connectivity index (χ1n) is 12.6. The van der Waals surface area contributed by atoms with E-state index in [-0.39, 0.29) is 56.0 Å². The van der Waals surface area contributed by atoms with Crippen LogP contribution in [0.5, 0.6) is 5.75 Å². The Bertz CT molecular complexity index is 1410. The molecular formula is C28H30F2N4O5. The number of ether oxygens (including phenoxy) is 1. The minimum atomic E-state index is -0.991. The van der Waals surface area contributed by atoms with Gasteiger partial charge in [-0.3, -0.25) is 29.1 Å². The lowest BCUT2D eigenvalue weighted by atomic mass is 10.0. The van der Waals surface area contributed by atoms with Gasteiger partial charge in [0.15, 0.2) is 17.2 Å². The van der Waals surface area contributed by atoms with Crippen LogP contribution in [0.3, 0.4) is 0 Å². The van der Waals surface area contributed by atoms with E-state index in [9.17, 15) is 28.3 Å². The normalized spacial score (nSPS) is 13.2. The molecule has 1 aliphatic rings. The Labute approximate surface area is 224 Å². The van der Waals surface area contributed by atoms with E-state index in [1.54, 1.807) is 23.3 Å². The Kier molecular flexibility index (Phi) is 8.70. The van der Waals surface area contributed by atoms with Crippen molar-refractivity contribution in [3.05, 3.63) is 93.2 Å². The van der Waals surface area contributed by atoms with Crippen LogP contribution in [0, 0.1) is 17.6 Å². The minimum absolute atomic E-state index is 0.0758. The van der Waals surface area contributed by atoms with Gasteiger partial charge in [-0.2, -0.15) is 0 Å². The fraction of sp³-hybridized carbons (Fsp3) is 0.357. The molecule has 0 fully saturated rings. The van der Waals surface area contributed by atoms with E-state index < -0.39 is 34.5 Å². The van der Waals surface area contributed by atoms with Gasteiger partial charge < -0.3 is 14.7 Å². The van der Waals surface area contributed by atoms with Gasteiger partial charge in [0.05, 0.1) is 24.4 Å². The van der Waals surface area contributed by atoms with Gasteiger partial charge in [0.25, 0.3) is 5.91 Å². The molecule has 0 saturated heterocycles. The molecule has 0 bridgehead atoms. The summed E-state index contributed by atoms with van der Waals surface area (Å²) < 4.78 is 34.2. The highest BCUT2D eigenvalue weighted by Gasteiger charge is 2.34. The molecule has 1 aliphatic heterocycles. The number of fused-ring (bicyclic) bond motifs is 1. The zero-order chi connectivity index (χ0) is 28.1. The van der Waals surface area contributed by atoms with Gasteiger partial charge >= 0.3 is 0 Å². The van der Waals surface area contributed by atoms with Crippen LogP contribution >= 0.6 is 0 Å². The van der Waals surface area contributed by atoms with Crippen molar-refractivity contribution in [2.75, 3.05) is 31.4 Å². The average molecular weight is 541 g/mol. The lowest BCUT2D eigenvalue weighted by Crippen LogP contribution is -2.54. The third-order valence-corrected chi connectivity index (χ3v) is 6.26. The summed E-state index contributed by atoms with van der Waals surface area (Å²) in [7, 11) is 0. The first-order valence-corrected chi connectivity index (χ1v) is 12.6. The van der Waals surface area contributed by atoms with Crippen LogP contribution in [0.4, 0.5) is 8.78 Å². The molecule has 0 aliphatic carbocycles. The van der Waals surface area contributed by atoms with Crippen LogP contribution in [-0.2, 0) is 17.7 Å². The molecule has 1 N–H and O–H groups in total. The van der Waals surface area contributed by atoms with Crippen LogP contribution < -0.4 is 10.4 Å². The number of carbonyl (C=O) groups is 2. The number of benzene rings is 1. The molecule has 0 saturated carbocycles. The van der Waals surface area contributed by atoms with E-state index in [1.165, 1.54) is 21.8 Å². The Balaban J connectivity index is 1.64. The molecule has 9 nitrogen and oxygen atoms in total. The molecular weight excluding hydrogens is 510 g/mol. The van der Waals surface area contributed by atoms with Crippen molar-refractivity contribution in [1.29, 1.82) is 0 Å². The Hall–Kier alpha value is -4.12. The van der Waals surface area contributed by atoms with Gasteiger partial charge in [0.2, 0.25) is 5.43 Å². The largest absolute Gasteiger partial charge is 0.502 e. The highest BCUT2D eigenvalue weighted by Crippen LogP contribution is 2.23. The quantitative estimate of drug-likeness (QED) is 0.294. The van der Waals surface area contributed by atoms with E-state index in [2.05, 4.69) is 4.98 Å². The number of aromatic hydroxyl groups is 1. The number of aromatic nitrogens is 2. The Morgan fingerprint density at radius 2 is 1.97 bits per heavy atom. The van der Waals surface area contributed by atoms with Gasteiger partial charge in [-0.05, 0) is 36.1 Å². The standard InChI is InChI=1S/C28H30F2N4O5/c1-18(2)16-39-12-11-32-17-33(14-21-5-3-4-10-31-21)34-15-22(26(36)27(37)25(34)28(32)38)24(35)9-7-19-6-8-20(29)13-23(19)30/h3-6,8,10,13,15,18,37H,7,9,11-12,14,16-17H2,1-2H3. The maximum atomic E-state index is 14.0. The number of Topliss-reactive ketones (excluding diaryl/α,β-unsaturated/α-hetero) is 1. The van der Waals surface area contributed by atoms with Gasteiger partial charge in [-0.1, -0.05) is 26.0 Å². The average Bonchev–Trinajstić information content (AvgIpc) is 2.90. The zero-order valence-electron chi connectivity index (χ0n) is 21.8. The van der Waals surface area contributed by atoms with Crippen molar-refractivity contribution in [3.8, 4) is 5.75 Å². The highest BCUT2D eigenvalue weighted by molar-refractivity contribution is 6.00. The predicted octanol–water partition coefficient (Wildman–Crippen LogP) is 3.27. The van der Waals surface area contributed by atoms with Crippen LogP contribution in [0.25, 0.3) is 0 Å². The van der Waals surface area contributed by atoms with Crippen molar-refractivity contribution < 1.29 is 28.2 Å². The predicted molar refractivity (Wildman–Crippen MR) is 139 cm³/mol. The van der Waals surface area contributed by atoms with Gasteiger partial charge in [-0.15, -0.1) is 0 Å². The molecule has 0 atom stereocenters. The third-order valence-electron chi connectivity index (χ3n) is 6.26. The summed E-state index contributed by atoms with van der Waals surface area (Å²) >= 11 is 0. The number of ketones is 1. The van der Waals surface area contributed by atoms with Crippen molar-refractivity contribution >= 4 is 11.7 Å². The molecule has 1 amide bonds. The first kappa shape index (κ1) is 27.9. The minimum Gasteiger partial charge on any atom is -0.502 e. The molecule has 0 spiro atoms. The smallest absolute Gasteiger partial charge is 0.277 e. The molecule has 2 aromatic heterocycles. The SMILES string of the molecule is CC(C)COCCN1CN(Cc2ccccn2)n2cc(C(=O)CCc3ccc(F)cc3F)c(=O)c(O)c2C1=O. The molecule has 1 aromatic carbocycles. The van der Waals surface area contributed by atoms with Gasteiger partial charge in [0, 0.05) is 38.0 Å². The molecule has 11 heteroatoms. The summed E-state index contributed by atoms with van der Waals surface area (Å²) in [5.74, 6) is -3.29. The molecule has 3 aromatic rings. The number of hydrogen-bond acceptors (Lipinski definition) is 7. The lowest BCUT2D eigenvalue weighted by molar-refractivity contribution is 0.0530. The van der Waals surface area contributed by atoms with Crippen molar-refractivity contribution in [2.45, 2.75) is 33.2 Å². The summed E-state index contributed by atoms with van der Waals surface area (Å²) in [6.07, 6.45) is 2.52. The number of hydrogen-bond donors (Lipinski definition) is 1. The molecule has 0 radical (unpaired) electrons. The van der Waals surface area contributed by atoms with Crippen molar-refractivity contribution in [2.24, 2.45) is 5.92 Å². The summed E-state index contributed by atoms with van der Waals surface area (Å²) in [6.45, 7) is 5.33. The van der Waals surface area contributed by atoms with E-state index in [0.717, 1.165) is 12.1 Å². The van der Waals surface area contributed by atoms with E-state index in [0.29, 0.717) is 18.2 Å². The van der Waals surface area contributed by atoms with Crippen molar-refractivity contribution in [1.82, 2.24) is 14.6 Å². The third kappa shape index (κ3) is 6.48. The number of carbonyl (C=O) groups excluding carboxylic acids is 2. The van der Waals surface area contributed by atoms with Crippen LogP contribution in [0.1, 0.15) is 52.4 Å². The van der Waals surface area contributed by atoms with Gasteiger partial charge in [0.1, 0.15) is 18.3 Å². The highest BCUT2D eigenvalue weighted by atomic mass is 19.1. The second kappa shape index (κ2) is 12.2. The fourth-order valence-electron chi connectivity index (χ4n) is 4.27. The summed E-state index contributed by atoms with van der Waals surface area (Å²) in [5, 5.41) is 12.5. The number of rotatable bonds is 11. The van der Waals surface area contributed by atoms with E-state index in [4.69, 9.17) is 4.74 Å². The first-order chi connectivity index (χ1) is 18.7.